The number of benzene rings is 2. The van der Waals surface area contributed by atoms with Crippen molar-refractivity contribution in [3.05, 3.63) is 71.5 Å². The van der Waals surface area contributed by atoms with E-state index in [0.29, 0.717) is 0 Å². The first-order valence-corrected chi connectivity index (χ1v) is 7.72. The van der Waals surface area contributed by atoms with Crippen molar-refractivity contribution in [2.75, 3.05) is 6.54 Å². The van der Waals surface area contributed by atoms with Crippen molar-refractivity contribution in [3.8, 4) is 0 Å². The monoisotopic (exact) mass is 380 g/mol. The Labute approximate surface area is 150 Å². The van der Waals surface area contributed by atoms with Gasteiger partial charge in [0.15, 0.2) is 5.78 Å². The van der Waals surface area contributed by atoms with Crippen molar-refractivity contribution in [3.63, 3.8) is 0 Å². The highest BCUT2D eigenvalue weighted by Crippen LogP contribution is 2.43. The lowest BCUT2D eigenvalue weighted by atomic mass is 9.89. The van der Waals surface area contributed by atoms with Gasteiger partial charge >= 0.3 is 12.2 Å². The van der Waals surface area contributed by atoms with E-state index < -0.39 is 47.4 Å². The molecule has 0 radical (unpaired) electrons. The Morgan fingerprint density at radius 3 is 2.15 bits per heavy atom. The average Bonchev–Trinajstić information content (AvgIpc) is 2.88. The summed E-state index contributed by atoms with van der Waals surface area (Å²) in [6, 6.07) is 9.07. The largest absolute Gasteiger partial charge is 0.425 e. The second kappa shape index (κ2) is 6.49. The molecular formula is C18H12F4N2O3. The Morgan fingerprint density at radius 2 is 1.59 bits per heavy atom. The standard InChI is InChI=1S/C18H12F4N2O3/c19-13-8-6-11(7-9-13)14(25)10-24-15(26)17(18(20,21)22,23-16(24)27)12-4-2-1-3-5-12/h1-9H,10H2,(H,23,27). The van der Waals surface area contributed by atoms with E-state index in [1.807, 2.05) is 0 Å². The normalized spacial score (nSPS) is 19.9. The van der Waals surface area contributed by atoms with E-state index in [1.54, 1.807) is 5.32 Å². The van der Waals surface area contributed by atoms with E-state index in [4.69, 9.17) is 0 Å². The highest BCUT2D eigenvalue weighted by Gasteiger charge is 2.68. The summed E-state index contributed by atoms with van der Waals surface area (Å²) in [5.41, 5.74) is -3.78. The minimum atomic E-state index is -5.13. The maximum atomic E-state index is 13.8. The molecule has 0 saturated carbocycles. The molecule has 1 aliphatic heterocycles. The van der Waals surface area contributed by atoms with Crippen LogP contribution in [0.25, 0.3) is 0 Å². The molecule has 1 unspecified atom stereocenters. The summed E-state index contributed by atoms with van der Waals surface area (Å²) in [6.45, 7) is -0.902. The molecule has 1 saturated heterocycles. The van der Waals surface area contributed by atoms with Crippen molar-refractivity contribution < 1.29 is 31.9 Å². The zero-order valence-corrected chi connectivity index (χ0v) is 13.6. The van der Waals surface area contributed by atoms with Crippen LogP contribution in [-0.2, 0) is 10.3 Å². The van der Waals surface area contributed by atoms with Gasteiger partial charge in [-0.25, -0.2) is 9.18 Å². The summed E-state index contributed by atoms with van der Waals surface area (Å²) in [5.74, 6) is -3.01. The van der Waals surface area contributed by atoms with E-state index in [1.165, 1.54) is 18.2 Å². The van der Waals surface area contributed by atoms with Crippen LogP contribution in [0.1, 0.15) is 15.9 Å². The van der Waals surface area contributed by atoms with Gasteiger partial charge in [-0.1, -0.05) is 30.3 Å². The van der Waals surface area contributed by atoms with Gasteiger partial charge in [0.05, 0.1) is 6.54 Å². The first-order chi connectivity index (χ1) is 12.7. The molecule has 2 aromatic rings. The molecule has 1 heterocycles. The zero-order valence-electron chi connectivity index (χ0n) is 13.6. The Hall–Kier alpha value is -3.23. The molecule has 0 aliphatic carbocycles. The van der Waals surface area contributed by atoms with Crippen LogP contribution in [0.3, 0.4) is 0 Å². The molecule has 0 bridgehead atoms. The van der Waals surface area contributed by atoms with E-state index in [0.717, 1.165) is 36.4 Å². The number of amides is 3. The van der Waals surface area contributed by atoms with Crippen LogP contribution in [0.4, 0.5) is 22.4 Å². The van der Waals surface area contributed by atoms with Crippen molar-refractivity contribution in [1.29, 1.82) is 0 Å². The van der Waals surface area contributed by atoms with Crippen LogP contribution in [0.5, 0.6) is 0 Å². The van der Waals surface area contributed by atoms with Gasteiger partial charge in [-0.3, -0.25) is 14.5 Å². The lowest BCUT2D eigenvalue weighted by Gasteiger charge is -2.29. The molecule has 1 N–H and O–H groups in total. The number of imide groups is 1. The first kappa shape index (κ1) is 18.6. The minimum Gasteiger partial charge on any atom is -0.312 e. The number of hydrogen-bond acceptors (Lipinski definition) is 3. The molecule has 27 heavy (non-hydrogen) atoms. The smallest absolute Gasteiger partial charge is 0.312 e. The molecular weight excluding hydrogens is 368 g/mol. The Kier molecular flexibility index (Phi) is 4.46. The van der Waals surface area contributed by atoms with Crippen LogP contribution < -0.4 is 5.32 Å². The molecule has 3 amide bonds. The number of alkyl halides is 3. The molecule has 140 valence electrons. The number of urea groups is 1. The van der Waals surface area contributed by atoms with Crippen LogP contribution in [0, 0.1) is 5.82 Å². The van der Waals surface area contributed by atoms with Crippen molar-refractivity contribution in [2.45, 2.75) is 11.7 Å². The number of rotatable bonds is 4. The number of carbonyl (C=O) groups excluding carboxylic acids is 3. The van der Waals surface area contributed by atoms with Crippen LogP contribution in [-0.4, -0.2) is 35.3 Å². The SMILES string of the molecule is O=C(CN1C(=O)NC(c2ccccc2)(C(F)(F)F)C1=O)c1ccc(F)cc1. The fourth-order valence-electron chi connectivity index (χ4n) is 2.83. The summed E-state index contributed by atoms with van der Waals surface area (Å²) in [5, 5.41) is 1.69. The molecule has 0 aromatic heterocycles. The number of nitrogens with one attached hydrogen (secondary N) is 1. The average molecular weight is 380 g/mol. The van der Waals surface area contributed by atoms with Gasteiger partial charge < -0.3 is 5.32 Å². The van der Waals surface area contributed by atoms with Gasteiger partial charge in [-0.05, 0) is 29.8 Å². The Bertz CT molecular complexity index is 897. The minimum absolute atomic E-state index is 0.0405. The summed E-state index contributed by atoms with van der Waals surface area (Å²) in [4.78, 5) is 37.2. The third-order valence-corrected chi connectivity index (χ3v) is 4.21. The lowest BCUT2D eigenvalue weighted by Crippen LogP contribution is -2.55. The van der Waals surface area contributed by atoms with E-state index in [2.05, 4.69) is 0 Å². The molecule has 0 spiro atoms. The molecule has 1 fully saturated rings. The molecule has 2 aromatic carbocycles. The third kappa shape index (κ3) is 3.05. The first-order valence-electron chi connectivity index (χ1n) is 7.72. The van der Waals surface area contributed by atoms with Gasteiger partial charge in [-0.15, -0.1) is 0 Å². The van der Waals surface area contributed by atoms with Crippen molar-refractivity contribution in [2.24, 2.45) is 0 Å². The van der Waals surface area contributed by atoms with Gasteiger partial charge in [0, 0.05) is 5.56 Å². The highest BCUT2D eigenvalue weighted by atomic mass is 19.4. The van der Waals surface area contributed by atoms with Crippen LogP contribution in [0.2, 0.25) is 0 Å². The van der Waals surface area contributed by atoms with E-state index in [9.17, 15) is 31.9 Å². The molecule has 1 aliphatic rings. The lowest BCUT2D eigenvalue weighted by molar-refractivity contribution is -0.198. The predicted octanol–water partition coefficient (Wildman–Crippen LogP) is 3.02. The number of carbonyl (C=O) groups is 3. The summed E-state index contributed by atoms with van der Waals surface area (Å²) < 4.78 is 54.4. The molecule has 9 heteroatoms. The molecule has 3 rings (SSSR count). The van der Waals surface area contributed by atoms with Gasteiger partial charge in [0.2, 0.25) is 5.54 Å². The number of Topliss-reactive ketones (excluding diaryl/α,β-unsaturated/α-hetero) is 1. The number of halogens is 4. The van der Waals surface area contributed by atoms with Gasteiger partial charge in [0.25, 0.3) is 5.91 Å². The predicted molar refractivity (Wildman–Crippen MR) is 85.2 cm³/mol. The topological polar surface area (TPSA) is 66.5 Å². The number of hydrogen-bond donors (Lipinski definition) is 1. The maximum absolute atomic E-state index is 13.8. The van der Waals surface area contributed by atoms with Crippen LogP contribution >= 0.6 is 0 Å². The summed E-state index contributed by atoms with van der Waals surface area (Å²) in [6.07, 6.45) is -5.13. The summed E-state index contributed by atoms with van der Waals surface area (Å²) >= 11 is 0. The van der Waals surface area contributed by atoms with E-state index in [-0.39, 0.29) is 10.5 Å². The summed E-state index contributed by atoms with van der Waals surface area (Å²) in [7, 11) is 0. The van der Waals surface area contributed by atoms with Crippen LogP contribution in [0.15, 0.2) is 54.6 Å². The highest BCUT2D eigenvalue weighted by molar-refractivity contribution is 6.11. The Morgan fingerprint density at radius 1 is 1.00 bits per heavy atom. The van der Waals surface area contributed by atoms with Gasteiger partial charge in [0.1, 0.15) is 5.82 Å². The number of nitrogens with zero attached hydrogens (tertiary/aromatic N) is 1. The van der Waals surface area contributed by atoms with Gasteiger partial charge in [-0.2, -0.15) is 13.2 Å². The Balaban J connectivity index is 1.95. The number of ketones is 1. The van der Waals surface area contributed by atoms with Crippen molar-refractivity contribution in [1.82, 2.24) is 10.2 Å². The zero-order chi connectivity index (χ0) is 19.8. The molecule has 5 nitrogen and oxygen atoms in total. The van der Waals surface area contributed by atoms with E-state index >= 15 is 0 Å². The second-order valence-corrected chi connectivity index (χ2v) is 5.87. The third-order valence-electron chi connectivity index (χ3n) is 4.21. The van der Waals surface area contributed by atoms with Crippen molar-refractivity contribution >= 4 is 17.7 Å². The quantitative estimate of drug-likeness (QED) is 0.504. The second-order valence-electron chi connectivity index (χ2n) is 5.87. The fraction of sp³-hybridized carbons (Fsp3) is 0.167. The maximum Gasteiger partial charge on any atom is 0.425 e. The fourth-order valence-corrected chi connectivity index (χ4v) is 2.83. The molecule has 1 atom stereocenters.